The fourth-order valence-electron chi connectivity index (χ4n) is 6.30. The van der Waals surface area contributed by atoms with Crippen molar-refractivity contribution in [2.75, 3.05) is 26.3 Å². The quantitative estimate of drug-likeness (QED) is 0.312. The maximum atomic E-state index is 14.2. The number of allylic oxidation sites excluding steroid dienone is 1. The van der Waals surface area contributed by atoms with Gasteiger partial charge in [0.2, 0.25) is 0 Å². The van der Waals surface area contributed by atoms with Crippen molar-refractivity contribution in [2.45, 2.75) is 46.0 Å². The van der Waals surface area contributed by atoms with Crippen LogP contribution >= 0.6 is 12.4 Å². The van der Waals surface area contributed by atoms with Gasteiger partial charge in [-0.25, -0.2) is 9.18 Å². The lowest BCUT2D eigenvalue weighted by molar-refractivity contribution is 0.0696. The third kappa shape index (κ3) is 6.26. The Kier molecular flexibility index (Phi) is 9.24. The highest BCUT2D eigenvalue weighted by atomic mass is 35.5. The molecule has 0 atom stereocenters. The smallest absolute Gasteiger partial charge is 0.335 e. The Labute approximate surface area is 236 Å². The Morgan fingerprint density at radius 3 is 2.33 bits per heavy atom. The van der Waals surface area contributed by atoms with Crippen molar-refractivity contribution in [3.05, 3.63) is 105 Å². The highest BCUT2D eigenvalue weighted by molar-refractivity contribution is 6.01. The molecule has 0 radical (unpaired) electrons. The molecule has 3 nitrogen and oxygen atoms in total. The fraction of sp³-hybridized carbons (Fsp3) is 0.364. The fourth-order valence-corrected chi connectivity index (χ4v) is 6.30. The second kappa shape index (κ2) is 12.4. The number of carboxylic acid groups (broad SMARTS) is 1. The van der Waals surface area contributed by atoms with Gasteiger partial charge in [-0.2, -0.15) is 0 Å². The first kappa shape index (κ1) is 29.0. The molecule has 39 heavy (non-hydrogen) atoms. The van der Waals surface area contributed by atoms with E-state index in [1.807, 2.05) is 26.0 Å². The first-order valence-corrected chi connectivity index (χ1v) is 13.6. The van der Waals surface area contributed by atoms with E-state index in [9.17, 15) is 18.7 Å². The van der Waals surface area contributed by atoms with Crippen LogP contribution in [0, 0.1) is 25.6 Å². The van der Waals surface area contributed by atoms with E-state index in [0.29, 0.717) is 17.9 Å². The lowest BCUT2D eigenvalue weighted by atomic mass is 9.84. The van der Waals surface area contributed by atoms with Crippen molar-refractivity contribution in [3.63, 3.8) is 0 Å². The monoisotopic (exact) mass is 551 g/mol. The topological polar surface area (TPSA) is 40.5 Å². The molecule has 0 spiro atoms. The third-order valence-corrected chi connectivity index (χ3v) is 8.00. The Morgan fingerprint density at radius 2 is 1.69 bits per heavy atom. The highest BCUT2D eigenvalue weighted by Crippen LogP contribution is 2.42. The summed E-state index contributed by atoms with van der Waals surface area (Å²) in [5.74, 6) is -0.543. The molecule has 1 aliphatic carbocycles. The van der Waals surface area contributed by atoms with Crippen molar-refractivity contribution in [2.24, 2.45) is 5.92 Å². The Morgan fingerprint density at radius 1 is 1.00 bits per heavy atom. The summed E-state index contributed by atoms with van der Waals surface area (Å²) in [5, 5.41) is 9.59. The largest absolute Gasteiger partial charge is 0.478 e. The summed E-state index contributed by atoms with van der Waals surface area (Å²) in [6.07, 6.45) is 4.14. The molecule has 206 valence electrons. The molecule has 3 aromatic rings. The molecule has 3 aromatic carbocycles. The van der Waals surface area contributed by atoms with Gasteiger partial charge < -0.3 is 10.0 Å². The van der Waals surface area contributed by atoms with E-state index in [4.69, 9.17) is 0 Å². The predicted molar refractivity (Wildman–Crippen MR) is 156 cm³/mol. The summed E-state index contributed by atoms with van der Waals surface area (Å²) in [5.41, 5.74) is 10.0. The summed E-state index contributed by atoms with van der Waals surface area (Å²) in [7, 11) is 0. The van der Waals surface area contributed by atoms with Crippen LogP contribution in [0.2, 0.25) is 0 Å². The van der Waals surface area contributed by atoms with Crippen LogP contribution in [0.5, 0.6) is 0 Å². The molecule has 1 fully saturated rings. The normalized spacial score (nSPS) is 15.8. The summed E-state index contributed by atoms with van der Waals surface area (Å²) in [6.45, 7) is 6.58. The zero-order valence-corrected chi connectivity index (χ0v) is 23.4. The number of benzene rings is 3. The molecule has 1 aliphatic heterocycles. The van der Waals surface area contributed by atoms with E-state index in [-0.39, 0.29) is 24.9 Å². The van der Waals surface area contributed by atoms with Gasteiger partial charge >= 0.3 is 5.97 Å². The number of halogens is 3. The van der Waals surface area contributed by atoms with Crippen LogP contribution in [0.4, 0.5) is 8.78 Å². The second-order valence-electron chi connectivity index (χ2n) is 10.9. The third-order valence-electron chi connectivity index (χ3n) is 8.00. The first-order chi connectivity index (χ1) is 18.3. The summed E-state index contributed by atoms with van der Waals surface area (Å²) in [6, 6.07) is 17.4. The molecule has 1 saturated heterocycles. The van der Waals surface area contributed by atoms with Gasteiger partial charge in [0.25, 0.3) is 0 Å². The molecule has 0 aromatic heterocycles. The first-order valence-electron chi connectivity index (χ1n) is 13.6. The standard InChI is InChI=1S/C33H35F2NO2.ClH/c1-21-15-28(35)16-22(2)31(21)30-6-3-5-26-18-27(33(37)38)11-12-29(26)32(30)25-9-7-23(8-10-25)17-24-19-36(20-24)14-4-13-34;/h7-12,15-16,18,24H,3-6,13-14,17,19-20H2,1-2H3,(H,37,38);1H. The number of likely N-dealkylation sites (tertiary alicyclic amines) is 1. The van der Waals surface area contributed by atoms with E-state index < -0.39 is 5.97 Å². The van der Waals surface area contributed by atoms with Crippen LogP contribution in [0.15, 0.2) is 54.6 Å². The molecule has 2 aliphatic rings. The summed E-state index contributed by atoms with van der Waals surface area (Å²) in [4.78, 5) is 14.0. The highest BCUT2D eigenvalue weighted by Gasteiger charge is 2.27. The molecule has 0 unspecified atom stereocenters. The van der Waals surface area contributed by atoms with E-state index in [2.05, 4.69) is 29.2 Å². The van der Waals surface area contributed by atoms with Crippen LogP contribution in [0.1, 0.15) is 68.6 Å². The molecule has 0 bridgehead atoms. The van der Waals surface area contributed by atoms with Gasteiger partial charge in [-0.15, -0.1) is 12.4 Å². The van der Waals surface area contributed by atoms with Crippen LogP contribution in [0.25, 0.3) is 11.1 Å². The molecule has 1 heterocycles. The Balaban J connectivity index is 0.00000353. The van der Waals surface area contributed by atoms with Crippen molar-refractivity contribution in [3.8, 4) is 0 Å². The predicted octanol–water partition coefficient (Wildman–Crippen LogP) is 7.69. The Hall–Kier alpha value is -3.02. The maximum Gasteiger partial charge on any atom is 0.335 e. The molecule has 0 amide bonds. The molecule has 5 rings (SSSR count). The minimum absolute atomic E-state index is 0. The van der Waals surface area contributed by atoms with Crippen LogP contribution in [0.3, 0.4) is 0 Å². The molecule has 0 saturated carbocycles. The lowest BCUT2D eigenvalue weighted by Gasteiger charge is -2.39. The molecule has 1 N–H and O–H groups in total. The number of aromatic carboxylic acids is 1. The van der Waals surface area contributed by atoms with E-state index >= 15 is 0 Å². The van der Waals surface area contributed by atoms with Gasteiger partial charge in [-0.3, -0.25) is 4.39 Å². The van der Waals surface area contributed by atoms with Gasteiger partial charge in [0.1, 0.15) is 5.82 Å². The number of carbonyl (C=O) groups is 1. The van der Waals surface area contributed by atoms with Gasteiger partial charge in [0.05, 0.1) is 12.2 Å². The molecular weight excluding hydrogens is 516 g/mol. The zero-order chi connectivity index (χ0) is 26.8. The second-order valence-corrected chi connectivity index (χ2v) is 10.9. The van der Waals surface area contributed by atoms with Gasteiger partial charge in [-0.05, 0) is 126 Å². The minimum atomic E-state index is -0.920. The maximum absolute atomic E-state index is 14.2. The minimum Gasteiger partial charge on any atom is -0.478 e. The number of hydrogen-bond acceptors (Lipinski definition) is 2. The van der Waals surface area contributed by atoms with Gasteiger partial charge in [0, 0.05) is 19.6 Å². The number of rotatable bonds is 8. The number of hydrogen-bond donors (Lipinski definition) is 1. The Bertz CT molecular complexity index is 1350. The number of nitrogens with zero attached hydrogens (tertiary/aromatic N) is 1. The number of aryl methyl sites for hydroxylation is 3. The van der Waals surface area contributed by atoms with Crippen LogP contribution < -0.4 is 0 Å². The van der Waals surface area contributed by atoms with Crippen LogP contribution in [-0.2, 0) is 12.8 Å². The number of fused-ring (bicyclic) bond motifs is 1. The van der Waals surface area contributed by atoms with E-state index in [1.54, 1.807) is 18.2 Å². The van der Waals surface area contributed by atoms with Gasteiger partial charge in [-0.1, -0.05) is 30.3 Å². The van der Waals surface area contributed by atoms with Gasteiger partial charge in [0.15, 0.2) is 0 Å². The van der Waals surface area contributed by atoms with Crippen molar-refractivity contribution >= 4 is 29.5 Å². The lowest BCUT2D eigenvalue weighted by Crippen LogP contribution is -2.47. The van der Waals surface area contributed by atoms with E-state index in [1.165, 1.54) is 11.1 Å². The number of alkyl halides is 1. The average molecular weight is 552 g/mol. The zero-order valence-electron chi connectivity index (χ0n) is 22.6. The number of carboxylic acids is 1. The van der Waals surface area contributed by atoms with Crippen LogP contribution in [-0.4, -0.2) is 42.3 Å². The molecular formula is C33H36ClF2NO2. The molecule has 6 heteroatoms. The average Bonchev–Trinajstić information content (AvgIpc) is 3.04. The van der Waals surface area contributed by atoms with E-state index in [0.717, 1.165) is 84.3 Å². The van der Waals surface area contributed by atoms with Crippen molar-refractivity contribution < 1.29 is 18.7 Å². The van der Waals surface area contributed by atoms with Crippen molar-refractivity contribution in [1.29, 1.82) is 0 Å². The summed E-state index contributed by atoms with van der Waals surface area (Å²) < 4.78 is 26.7. The van der Waals surface area contributed by atoms with Crippen molar-refractivity contribution in [1.82, 2.24) is 4.90 Å². The summed E-state index contributed by atoms with van der Waals surface area (Å²) >= 11 is 0. The SMILES string of the molecule is Cc1cc(F)cc(C)c1C1=C(c2ccc(CC3CN(CCCF)C3)cc2)c2ccc(C(=O)O)cc2CCC1.Cl.